The third-order valence-corrected chi connectivity index (χ3v) is 3.13. The van der Waals surface area contributed by atoms with Crippen LogP contribution < -0.4 is 0 Å². The van der Waals surface area contributed by atoms with Crippen LogP contribution in [0.1, 0.15) is 0 Å². The van der Waals surface area contributed by atoms with E-state index < -0.39 is 32.8 Å². The van der Waals surface area contributed by atoms with Crippen molar-refractivity contribution in [2.75, 3.05) is 12.0 Å². The second-order valence-electron chi connectivity index (χ2n) is 3.17. The average molecular weight is 262 g/mol. The molecule has 5 N–H and O–H groups in total. The van der Waals surface area contributed by atoms with Crippen molar-refractivity contribution in [3.05, 3.63) is 0 Å². The first-order chi connectivity index (χ1) is 6.85. The van der Waals surface area contributed by atoms with Gasteiger partial charge in [0.25, 0.3) is 0 Å². The summed E-state index contributed by atoms with van der Waals surface area (Å²) in [6, 6.07) is 0. The summed E-state index contributed by atoms with van der Waals surface area (Å²) in [5, 5.41) is 18.9. The third kappa shape index (κ3) is 3.77. The molecule has 1 aliphatic rings. The zero-order chi connectivity index (χ0) is 11.6. The van der Waals surface area contributed by atoms with Crippen molar-refractivity contribution < 1.29 is 34.2 Å². The SMILES string of the molecule is CSCC1OC(O[PH](O)(O)O)C(O)C1O. The molecule has 92 valence electrons. The predicted octanol–water partition coefficient (Wildman–Crippen LogP) is -1.80. The van der Waals surface area contributed by atoms with Crippen molar-refractivity contribution in [3.8, 4) is 0 Å². The van der Waals surface area contributed by atoms with E-state index in [2.05, 4.69) is 4.52 Å². The van der Waals surface area contributed by atoms with E-state index in [4.69, 9.17) is 19.4 Å². The van der Waals surface area contributed by atoms with Crippen LogP contribution in [-0.2, 0) is 9.26 Å². The minimum absolute atomic E-state index is 0.426. The number of hydrogen-bond acceptors (Lipinski definition) is 8. The fourth-order valence-electron chi connectivity index (χ4n) is 1.27. The molecule has 0 amide bonds. The van der Waals surface area contributed by atoms with Crippen molar-refractivity contribution >= 4 is 19.9 Å². The van der Waals surface area contributed by atoms with E-state index in [1.165, 1.54) is 11.8 Å². The Hall–Kier alpha value is 0.500. The van der Waals surface area contributed by atoms with Crippen LogP contribution in [0.15, 0.2) is 0 Å². The van der Waals surface area contributed by atoms with Gasteiger partial charge in [0, 0.05) is 0 Å². The Morgan fingerprint density at radius 2 is 1.87 bits per heavy atom. The van der Waals surface area contributed by atoms with Gasteiger partial charge in [-0.1, -0.05) is 0 Å². The molecular formula is C6H15O7PS. The molecule has 1 heterocycles. The molecule has 15 heavy (non-hydrogen) atoms. The van der Waals surface area contributed by atoms with E-state index in [1.54, 1.807) is 6.26 Å². The van der Waals surface area contributed by atoms with E-state index in [9.17, 15) is 10.2 Å². The Labute approximate surface area is 91.3 Å². The monoisotopic (exact) mass is 262 g/mol. The van der Waals surface area contributed by atoms with Gasteiger partial charge in [0.15, 0.2) is 0 Å². The van der Waals surface area contributed by atoms with E-state index in [0.717, 1.165) is 0 Å². The van der Waals surface area contributed by atoms with Crippen LogP contribution in [0.25, 0.3) is 0 Å². The van der Waals surface area contributed by atoms with E-state index in [0.29, 0.717) is 5.75 Å². The number of aliphatic hydroxyl groups excluding tert-OH is 2. The summed E-state index contributed by atoms with van der Waals surface area (Å²) >= 11 is 1.40. The first kappa shape index (κ1) is 13.6. The Balaban J connectivity index is 2.55. The number of rotatable bonds is 4. The molecule has 0 aromatic rings. The first-order valence-corrected chi connectivity index (χ1v) is 7.35. The molecule has 4 unspecified atom stereocenters. The van der Waals surface area contributed by atoms with Gasteiger partial charge < -0.3 is 0 Å². The molecule has 0 aliphatic carbocycles. The van der Waals surface area contributed by atoms with E-state index in [-0.39, 0.29) is 0 Å². The molecule has 0 aromatic carbocycles. The van der Waals surface area contributed by atoms with Gasteiger partial charge in [-0.25, -0.2) is 0 Å². The zero-order valence-corrected chi connectivity index (χ0v) is 9.79. The van der Waals surface area contributed by atoms with E-state index >= 15 is 0 Å². The van der Waals surface area contributed by atoms with Crippen LogP contribution in [0.2, 0.25) is 0 Å². The van der Waals surface area contributed by atoms with Gasteiger partial charge in [0.2, 0.25) is 0 Å². The average Bonchev–Trinajstić information content (AvgIpc) is 2.32. The molecule has 1 fully saturated rings. The number of hydrogen-bond donors (Lipinski definition) is 5. The molecule has 4 atom stereocenters. The fourth-order valence-corrected chi connectivity index (χ4v) is 2.38. The normalized spacial score (nSPS) is 38.3. The molecule has 0 saturated carbocycles. The summed E-state index contributed by atoms with van der Waals surface area (Å²) in [5.41, 5.74) is 0. The molecule has 1 rings (SSSR count). The molecule has 0 spiro atoms. The summed E-state index contributed by atoms with van der Waals surface area (Å²) < 4.78 is 9.34. The van der Waals surface area contributed by atoms with Crippen LogP contribution in [-0.4, -0.2) is 61.5 Å². The molecule has 0 radical (unpaired) electrons. The topological polar surface area (TPSA) is 120 Å². The molecule has 0 bridgehead atoms. The second kappa shape index (κ2) is 5.22. The standard InChI is InChI=1S/C6H15O7PS/c1-15-2-3-4(7)5(8)6(12-3)13-14(9,10)11/h3-11,14H,2H2,1H3. The van der Waals surface area contributed by atoms with Gasteiger partial charge in [0.05, 0.1) is 0 Å². The molecule has 9 heteroatoms. The van der Waals surface area contributed by atoms with E-state index in [1.807, 2.05) is 0 Å². The van der Waals surface area contributed by atoms with Crippen molar-refractivity contribution in [3.63, 3.8) is 0 Å². The van der Waals surface area contributed by atoms with Crippen molar-refractivity contribution in [2.24, 2.45) is 0 Å². The summed E-state index contributed by atoms with van der Waals surface area (Å²) in [6.07, 6.45) is -2.85. The fraction of sp³-hybridized carbons (Fsp3) is 1.00. The van der Waals surface area contributed by atoms with Crippen molar-refractivity contribution in [1.82, 2.24) is 0 Å². The number of thioether (sulfide) groups is 1. The van der Waals surface area contributed by atoms with Crippen molar-refractivity contribution in [1.29, 1.82) is 0 Å². The molecular weight excluding hydrogens is 247 g/mol. The van der Waals surface area contributed by atoms with Crippen LogP contribution in [0.3, 0.4) is 0 Å². The van der Waals surface area contributed by atoms with Crippen LogP contribution >= 0.6 is 19.9 Å². The second-order valence-corrected chi connectivity index (χ2v) is 5.47. The molecule has 7 nitrogen and oxygen atoms in total. The van der Waals surface area contributed by atoms with Gasteiger partial charge in [-0.05, 0) is 0 Å². The Morgan fingerprint density at radius 3 is 2.33 bits per heavy atom. The number of aliphatic hydroxyl groups is 2. The van der Waals surface area contributed by atoms with Crippen LogP contribution in [0.5, 0.6) is 0 Å². The van der Waals surface area contributed by atoms with Gasteiger partial charge in [-0.15, -0.1) is 0 Å². The first-order valence-electron chi connectivity index (χ1n) is 4.20. The Bertz CT molecular complexity index is 210. The van der Waals surface area contributed by atoms with Crippen LogP contribution in [0.4, 0.5) is 0 Å². The zero-order valence-electron chi connectivity index (χ0n) is 7.98. The maximum absolute atomic E-state index is 9.46. The summed E-state index contributed by atoms with van der Waals surface area (Å²) in [7, 11) is -4.75. The molecule has 0 aromatic heterocycles. The minimum atomic E-state index is -4.75. The summed E-state index contributed by atoms with van der Waals surface area (Å²) in [6.45, 7) is 0. The van der Waals surface area contributed by atoms with Gasteiger partial charge in [-0.3, -0.25) is 0 Å². The summed E-state index contributed by atoms with van der Waals surface area (Å²) in [4.78, 5) is 25.9. The number of ether oxygens (including phenoxy) is 1. The van der Waals surface area contributed by atoms with Crippen LogP contribution in [0, 0.1) is 0 Å². The Kier molecular flexibility index (Phi) is 4.72. The summed E-state index contributed by atoms with van der Waals surface area (Å²) in [5.74, 6) is 0.426. The Morgan fingerprint density at radius 1 is 1.27 bits per heavy atom. The van der Waals surface area contributed by atoms with Crippen molar-refractivity contribution in [2.45, 2.75) is 24.6 Å². The predicted molar refractivity (Wildman–Crippen MR) is 55.1 cm³/mol. The third-order valence-electron chi connectivity index (χ3n) is 1.92. The van der Waals surface area contributed by atoms with Gasteiger partial charge >= 0.3 is 90.7 Å². The maximum atomic E-state index is 9.46. The quantitative estimate of drug-likeness (QED) is 0.376. The van der Waals surface area contributed by atoms with Gasteiger partial charge in [0.1, 0.15) is 0 Å². The molecule has 1 aliphatic heterocycles. The molecule has 1 saturated heterocycles. The van der Waals surface area contributed by atoms with Gasteiger partial charge in [-0.2, -0.15) is 0 Å².